The molecule has 1 rings (SSSR count). The summed E-state index contributed by atoms with van der Waals surface area (Å²) in [7, 11) is 5.77. The Labute approximate surface area is 98.2 Å². The third kappa shape index (κ3) is 2.74. The molecule has 2 unspecified atom stereocenters. The maximum atomic E-state index is 6.05. The van der Waals surface area contributed by atoms with Crippen molar-refractivity contribution in [1.29, 1.82) is 0 Å². The number of benzene rings is 1. The minimum absolute atomic E-state index is 0.0608. The van der Waals surface area contributed by atoms with E-state index >= 15 is 0 Å². The van der Waals surface area contributed by atoms with Gasteiger partial charge in [-0.05, 0) is 34.0 Å². The Kier molecular flexibility index (Phi) is 4.33. The molecule has 0 saturated heterocycles. The number of hydrogen-bond donors (Lipinski definition) is 1. The zero-order valence-corrected chi connectivity index (χ0v) is 10.8. The predicted molar refractivity (Wildman–Crippen MR) is 67.8 cm³/mol. The summed E-state index contributed by atoms with van der Waals surface area (Å²) in [6.07, 6.45) is 0. The van der Waals surface area contributed by atoms with Crippen LogP contribution in [-0.2, 0) is 0 Å². The Balaban J connectivity index is 3.21. The maximum Gasteiger partial charge on any atom is 0.123 e. The van der Waals surface area contributed by atoms with Crippen LogP contribution >= 0.6 is 0 Å². The van der Waals surface area contributed by atoms with Gasteiger partial charge in [-0.25, -0.2) is 0 Å². The number of nitrogens with two attached hydrogens (primary N) is 1. The average molecular weight is 222 g/mol. The molecule has 0 fully saturated rings. The number of nitrogens with zero attached hydrogens (tertiary/aromatic N) is 1. The summed E-state index contributed by atoms with van der Waals surface area (Å²) in [5, 5.41) is 0. The van der Waals surface area contributed by atoms with Crippen molar-refractivity contribution in [2.45, 2.75) is 25.9 Å². The van der Waals surface area contributed by atoms with Crippen LogP contribution in [0.2, 0.25) is 0 Å². The van der Waals surface area contributed by atoms with Crippen molar-refractivity contribution in [2.24, 2.45) is 5.73 Å². The Morgan fingerprint density at radius 2 is 1.94 bits per heavy atom. The molecule has 0 aromatic heterocycles. The highest BCUT2D eigenvalue weighted by Gasteiger charge is 2.22. The molecule has 16 heavy (non-hydrogen) atoms. The topological polar surface area (TPSA) is 38.5 Å². The molecule has 3 heteroatoms. The van der Waals surface area contributed by atoms with Crippen LogP contribution in [0.4, 0.5) is 0 Å². The van der Waals surface area contributed by atoms with Gasteiger partial charge in [0.25, 0.3) is 0 Å². The van der Waals surface area contributed by atoms with Crippen LogP contribution in [0.5, 0.6) is 5.75 Å². The van der Waals surface area contributed by atoms with E-state index in [1.165, 1.54) is 5.56 Å². The second kappa shape index (κ2) is 5.32. The summed E-state index contributed by atoms with van der Waals surface area (Å²) < 4.78 is 5.40. The molecular weight excluding hydrogens is 200 g/mol. The van der Waals surface area contributed by atoms with Gasteiger partial charge in [0.05, 0.1) is 13.2 Å². The second-order valence-corrected chi connectivity index (χ2v) is 4.51. The van der Waals surface area contributed by atoms with Crippen LogP contribution in [0, 0.1) is 6.92 Å². The fourth-order valence-corrected chi connectivity index (χ4v) is 2.12. The molecule has 0 spiro atoms. The Hall–Kier alpha value is -1.06. The number of ether oxygens (including phenoxy) is 1. The summed E-state index contributed by atoms with van der Waals surface area (Å²) in [6.45, 7) is 4.10. The molecule has 0 amide bonds. The second-order valence-electron chi connectivity index (χ2n) is 4.51. The highest BCUT2D eigenvalue weighted by atomic mass is 16.5. The zero-order chi connectivity index (χ0) is 12.3. The van der Waals surface area contributed by atoms with E-state index in [2.05, 4.69) is 24.0 Å². The standard InChI is InChI=1S/C13H22N2O/c1-9-6-7-12(16-5)11(8-9)13(10(2)14)15(3)4/h6-8,10,13H,14H2,1-5H3. The van der Waals surface area contributed by atoms with Gasteiger partial charge in [-0.15, -0.1) is 0 Å². The first-order chi connectivity index (χ1) is 7.47. The van der Waals surface area contributed by atoms with Crippen molar-refractivity contribution in [3.63, 3.8) is 0 Å². The smallest absolute Gasteiger partial charge is 0.123 e. The van der Waals surface area contributed by atoms with Crippen molar-refractivity contribution < 1.29 is 4.74 Å². The van der Waals surface area contributed by atoms with E-state index < -0.39 is 0 Å². The summed E-state index contributed by atoms with van der Waals surface area (Å²) in [4.78, 5) is 2.13. The summed E-state index contributed by atoms with van der Waals surface area (Å²) in [5.74, 6) is 0.904. The SMILES string of the molecule is COc1ccc(C)cc1C(C(C)N)N(C)C. The van der Waals surface area contributed by atoms with Crippen molar-refractivity contribution >= 4 is 0 Å². The van der Waals surface area contributed by atoms with Crippen LogP contribution in [0.25, 0.3) is 0 Å². The van der Waals surface area contributed by atoms with E-state index in [4.69, 9.17) is 10.5 Å². The minimum Gasteiger partial charge on any atom is -0.496 e. The number of aryl methyl sites for hydroxylation is 1. The van der Waals surface area contributed by atoms with Gasteiger partial charge >= 0.3 is 0 Å². The fraction of sp³-hybridized carbons (Fsp3) is 0.538. The lowest BCUT2D eigenvalue weighted by Gasteiger charge is -2.29. The Bertz CT molecular complexity index is 340. The largest absolute Gasteiger partial charge is 0.496 e. The molecule has 0 aliphatic carbocycles. The number of hydrogen-bond acceptors (Lipinski definition) is 3. The van der Waals surface area contributed by atoms with Gasteiger partial charge < -0.3 is 15.4 Å². The fourth-order valence-electron chi connectivity index (χ4n) is 2.12. The van der Waals surface area contributed by atoms with Crippen LogP contribution < -0.4 is 10.5 Å². The molecular formula is C13H22N2O. The molecule has 0 aliphatic rings. The zero-order valence-electron chi connectivity index (χ0n) is 10.8. The van der Waals surface area contributed by atoms with Gasteiger partial charge in [0.2, 0.25) is 0 Å². The molecule has 1 aromatic carbocycles. The third-order valence-corrected chi connectivity index (χ3v) is 2.76. The lowest BCUT2D eigenvalue weighted by Crippen LogP contribution is -2.35. The van der Waals surface area contributed by atoms with E-state index in [-0.39, 0.29) is 12.1 Å². The monoisotopic (exact) mass is 222 g/mol. The van der Waals surface area contributed by atoms with Gasteiger partial charge in [-0.1, -0.05) is 17.7 Å². The summed E-state index contributed by atoms with van der Waals surface area (Å²) in [5.41, 5.74) is 8.43. The normalized spacial score (nSPS) is 14.9. The van der Waals surface area contributed by atoms with Gasteiger partial charge in [0.1, 0.15) is 5.75 Å². The van der Waals surface area contributed by atoms with E-state index in [0.717, 1.165) is 11.3 Å². The van der Waals surface area contributed by atoms with Crippen LogP contribution in [0.3, 0.4) is 0 Å². The Morgan fingerprint density at radius 3 is 2.38 bits per heavy atom. The molecule has 0 aliphatic heterocycles. The average Bonchev–Trinajstić information content (AvgIpc) is 2.17. The lowest BCUT2D eigenvalue weighted by molar-refractivity contribution is 0.258. The molecule has 90 valence electrons. The molecule has 0 saturated carbocycles. The van der Waals surface area contributed by atoms with Gasteiger partial charge in [-0.3, -0.25) is 0 Å². The maximum absolute atomic E-state index is 6.05. The molecule has 0 heterocycles. The van der Waals surface area contributed by atoms with E-state index in [9.17, 15) is 0 Å². The first kappa shape index (κ1) is 13.0. The van der Waals surface area contributed by atoms with Crippen LogP contribution in [0.1, 0.15) is 24.1 Å². The van der Waals surface area contributed by atoms with Crippen LogP contribution in [0.15, 0.2) is 18.2 Å². The highest BCUT2D eigenvalue weighted by molar-refractivity contribution is 5.39. The lowest BCUT2D eigenvalue weighted by atomic mass is 9.97. The number of likely N-dealkylation sites (N-methyl/N-ethyl adjacent to an activating group) is 1. The number of rotatable bonds is 4. The van der Waals surface area contributed by atoms with E-state index in [1.54, 1.807) is 7.11 Å². The highest BCUT2D eigenvalue weighted by Crippen LogP contribution is 2.30. The molecule has 2 N–H and O–H groups in total. The van der Waals surface area contributed by atoms with E-state index in [1.807, 2.05) is 27.1 Å². The molecule has 3 nitrogen and oxygen atoms in total. The molecule has 2 atom stereocenters. The molecule has 0 bridgehead atoms. The third-order valence-electron chi connectivity index (χ3n) is 2.76. The van der Waals surface area contributed by atoms with Crippen LogP contribution in [-0.4, -0.2) is 32.1 Å². The molecule has 1 aromatic rings. The predicted octanol–water partition coefficient (Wildman–Crippen LogP) is 1.95. The van der Waals surface area contributed by atoms with Crippen molar-refractivity contribution in [3.05, 3.63) is 29.3 Å². The number of methoxy groups -OCH3 is 1. The van der Waals surface area contributed by atoms with Gasteiger partial charge in [-0.2, -0.15) is 0 Å². The molecule has 0 radical (unpaired) electrons. The Morgan fingerprint density at radius 1 is 1.31 bits per heavy atom. The summed E-state index contributed by atoms with van der Waals surface area (Å²) in [6, 6.07) is 6.44. The van der Waals surface area contributed by atoms with Crippen molar-refractivity contribution in [2.75, 3.05) is 21.2 Å². The first-order valence-corrected chi connectivity index (χ1v) is 5.54. The van der Waals surface area contributed by atoms with Gasteiger partial charge in [0.15, 0.2) is 0 Å². The minimum atomic E-state index is 0.0608. The quantitative estimate of drug-likeness (QED) is 0.846. The van der Waals surface area contributed by atoms with E-state index in [0.29, 0.717) is 0 Å². The first-order valence-electron chi connectivity index (χ1n) is 5.54. The van der Waals surface area contributed by atoms with Crippen molar-refractivity contribution in [3.8, 4) is 5.75 Å². The summed E-state index contributed by atoms with van der Waals surface area (Å²) >= 11 is 0. The van der Waals surface area contributed by atoms with Gasteiger partial charge in [0, 0.05) is 11.6 Å². The van der Waals surface area contributed by atoms with Crippen molar-refractivity contribution in [1.82, 2.24) is 4.90 Å².